The number of benzene rings is 1. The summed E-state index contributed by atoms with van der Waals surface area (Å²) in [5, 5.41) is 2.62. The highest BCUT2D eigenvalue weighted by Crippen LogP contribution is 2.37. The zero-order chi connectivity index (χ0) is 14.9. The fourth-order valence-corrected chi connectivity index (χ4v) is 2.70. The summed E-state index contributed by atoms with van der Waals surface area (Å²) in [5.41, 5.74) is -0.890. The number of rotatable bonds is 3. The Morgan fingerprint density at radius 1 is 1.20 bits per heavy atom. The average Bonchev–Trinajstić information content (AvgIpc) is 2.77. The predicted molar refractivity (Wildman–Crippen MR) is 65.2 cm³/mol. The van der Waals surface area contributed by atoms with E-state index in [0.717, 1.165) is 23.5 Å². The molecule has 108 valence electrons. The molecule has 0 spiro atoms. The maximum absolute atomic E-state index is 13.1. The molecule has 1 heterocycles. The molecule has 8 heteroatoms. The molecule has 0 aliphatic carbocycles. The van der Waals surface area contributed by atoms with Gasteiger partial charge in [0.05, 0.1) is 4.88 Å². The van der Waals surface area contributed by atoms with Crippen LogP contribution >= 0.6 is 11.3 Å². The van der Waals surface area contributed by atoms with Crippen LogP contribution in [-0.2, 0) is 12.7 Å². The normalized spacial score (nSPS) is 11.9. The third-order valence-corrected chi connectivity index (χ3v) is 3.57. The van der Waals surface area contributed by atoms with Crippen molar-refractivity contribution in [1.82, 2.24) is 10.3 Å². The Morgan fingerprint density at radius 3 is 2.45 bits per heavy atom. The second-order valence-corrected chi connectivity index (χ2v) is 5.03. The fraction of sp³-hybridized carbons (Fsp3) is 0.250. The van der Waals surface area contributed by atoms with Crippen molar-refractivity contribution in [3.05, 3.63) is 40.4 Å². The molecule has 1 aromatic heterocycles. The molecule has 2 aromatic rings. The largest absolute Gasteiger partial charge is 0.434 e. The molecule has 0 aliphatic rings. The van der Waals surface area contributed by atoms with Crippen molar-refractivity contribution < 1.29 is 22.0 Å². The molecular weight excluding hydrogens is 299 g/mol. The first kappa shape index (κ1) is 14.9. The lowest BCUT2D eigenvalue weighted by molar-refractivity contribution is -0.141. The van der Waals surface area contributed by atoms with Gasteiger partial charge in [0, 0.05) is 12.1 Å². The Balaban J connectivity index is 2.49. The second-order valence-electron chi connectivity index (χ2n) is 3.95. The number of aromatic nitrogens is 1. The van der Waals surface area contributed by atoms with E-state index in [0.29, 0.717) is 0 Å². The summed E-state index contributed by atoms with van der Waals surface area (Å²) < 4.78 is 64.4. The minimum Gasteiger partial charge on any atom is -0.315 e. The SMILES string of the molecule is CNCc1sc(-c2ccc(F)c(F)c2)nc1C(F)(F)F. The fourth-order valence-electron chi connectivity index (χ4n) is 1.61. The van der Waals surface area contributed by atoms with Gasteiger partial charge in [-0.1, -0.05) is 0 Å². The average molecular weight is 308 g/mol. The number of hydrogen-bond donors (Lipinski definition) is 1. The van der Waals surface area contributed by atoms with Gasteiger partial charge in [-0.2, -0.15) is 13.2 Å². The van der Waals surface area contributed by atoms with E-state index in [1.165, 1.54) is 13.1 Å². The summed E-state index contributed by atoms with van der Waals surface area (Å²) in [4.78, 5) is 3.51. The highest BCUT2D eigenvalue weighted by atomic mass is 32.1. The highest BCUT2D eigenvalue weighted by molar-refractivity contribution is 7.15. The van der Waals surface area contributed by atoms with Gasteiger partial charge in [-0.05, 0) is 25.2 Å². The Bertz CT molecular complexity index is 621. The van der Waals surface area contributed by atoms with E-state index >= 15 is 0 Å². The Kier molecular flexibility index (Phi) is 4.05. The van der Waals surface area contributed by atoms with Crippen molar-refractivity contribution in [2.24, 2.45) is 0 Å². The van der Waals surface area contributed by atoms with Crippen LogP contribution in [0.5, 0.6) is 0 Å². The van der Waals surface area contributed by atoms with E-state index in [1.807, 2.05) is 0 Å². The van der Waals surface area contributed by atoms with Gasteiger partial charge in [-0.25, -0.2) is 13.8 Å². The van der Waals surface area contributed by atoms with Gasteiger partial charge < -0.3 is 5.32 Å². The summed E-state index contributed by atoms with van der Waals surface area (Å²) >= 11 is 0.796. The molecule has 0 bridgehead atoms. The topological polar surface area (TPSA) is 24.9 Å². The molecular formula is C12H9F5N2S. The van der Waals surface area contributed by atoms with Crippen LogP contribution in [0.2, 0.25) is 0 Å². The van der Waals surface area contributed by atoms with Gasteiger partial charge in [-0.15, -0.1) is 11.3 Å². The minimum atomic E-state index is -4.58. The van der Waals surface area contributed by atoms with E-state index in [-0.39, 0.29) is 22.0 Å². The molecule has 0 fully saturated rings. The van der Waals surface area contributed by atoms with Gasteiger partial charge in [0.25, 0.3) is 0 Å². The van der Waals surface area contributed by atoms with Crippen LogP contribution in [0.3, 0.4) is 0 Å². The van der Waals surface area contributed by atoms with Gasteiger partial charge >= 0.3 is 6.18 Å². The van der Waals surface area contributed by atoms with Gasteiger partial charge in [0.15, 0.2) is 17.3 Å². The second kappa shape index (κ2) is 5.45. The number of nitrogens with zero attached hydrogens (tertiary/aromatic N) is 1. The molecule has 0 radical (unpaired) electrons. The monoisotopic (exact) mass is 308 g/mol. The summed E-state index contributed by atoms with van der Waals surface area (Å²) in [7, 11) is 1.51. The Morgan fingerprint density at radius 2 is 1.90 bits per heavy atom. The molecule has 1 N–H and O–H groups in total. The lowest BCUT2D eigenvalue weighted by atomic mass is 10.2. The molecule has 0 amide bonds. The van der Waals surface area contributed by atoms with Crippen LogP contribution in [0, 0.1) is 11.6 Å². The molecule has 0 unspecified atom stereocenters. The molecule has 0 saturated heterocycles. The Labute approximate surface area is 115 Å². The number of halogens is 5. The minimum absolute atomic E-state index is 0.000247. The van der Waals surface area contributed by atoms with Crippen molar-refractivity contribution in [2.45, 2.75) is 12.7 Å². The van der Waals surface area contributed by atoms with E-state index in [2.05, 4.69) is 10.3 Å². The predicted octanol–water partition coefficient (Wildman–Crippen LogP) is 3.83. The highest BCUT2D eigenvalue weighted by Gasteiger charge is 2.37. The number of nitrogens with one attached hydrogen (secondary N) is 1. The smallest absolute Gasteiger partial charge is 0.315 e. The van der Waals surface area contributed by atoms with Gasteiger partial charge in [0.1, 0.15) is 5.01 Å². The molecule has 0 atom stereocenters. The van der Waals surface area contributed by atoms with E-state index in [4.69, 9.17) is 0 Å². The lowest BCUT2D eigenvalue weighted by Crippen LogP contribution is -2.12. The molecule has 20 heavy (non-hydrogen) atoms. The molecule has 2 rings (SSSR count). The van der Waals surface area contributed by atoms with E-state index in [1.54, 1.807) is 0 Å². The first-order valence-corrected chi connectivity index (χ1v) is 6.31. The summed E-state index contributed by atoms with van der Waals surface area (Å²) in [5.74, 6) is -2.18. The summed E-state index contributed by atoms with van der Waals surface area (Å²) in [6.07, 6.45) is -4.58. The van der Waals surface area contributed by atoms with Gasteiger partial charge in [-0.3, -0.25) is 0 Å². The van der Waals surface area contributed by atoms with Gasteiger partial charge in [0.2, 0.25) is 0 Å². The van der Waals surface area contributed by atoms with Crippen molar-refractivity contribution in [3.8, 4) is 10.6 Å². The van der Waals surface area contributed by atoms with Crippen molar-refractivity contribution in [1.29, 1.82) is 0 Å². The third-order valence-electron chi connectivity index (χ3n) is 2.47. The Hall–Kier alpha value is -1.54. The number of alkyl halides is 3. The lowest BCUT2D eigenvalue weighted by Gasteiger charge is -2.04. The maximum atomic E-state index is 13.1. The number of thiazole rings is 1. The molecule has 0 aliphatic heterocycles. The molecule has 2 nitrogen and oxygen atoms in total. The summed E-state index contributed by atoms with van der Waals surface area (Å²) in [6.45, 7) is -0.00378. The van der Waals surface area contributed by atoms with Crippen LogP contribution in [0.15, 0.2) is 18.2 Å². The standard InChI is InChI=1S/C12H9F5N2S/c1-18-5-9-10(12(15,16)17)19-11(20-9)6-2-3-7(13)8(14)4-6/h2-4,18H,5H2,1H3. The van der Waals surface area contributed by atoms with Crippen LogP contribution in [0.1, 0.15) is 10.6 Å². The van der Waals surface area contributed by atoms with Crippen molar-refractivity contribution in [3.63, 3.8) is 0 Å². The van der Waals surface area contributed by atoms with Crippen molar-refractivity contribution in [2.75, 3.05) is 7.05 Å². The number of hydrogen-bond acceptors (Lipinski definition) is 3. The van der Waals surface area contributed by atoms with E-state index in [9.17, 15) is 22.0 Å². The quantitative estimate of drug-likeness (QED) is 0.872. The first-order valence-electron chi connectivity index (χ1n) is 5.50. The van der Waals surface area contributed by atoms with Crippen molar-refractivity contribution >= 4 is 11.3 Å². The first-order chi connectivity index (χ1) is 9.32. The maximum Gasteiger partial charge on any atom is 0.434 e. The zero-order valence-corrected chi connectivity index (χ0v) is 11.0. The zero-order valence-electron chi connectivity index (χ0n) is 10.2. The van der Waals surface area contributed by atoms with Crippen LogP contribution in [-0.4, -0.2) is 12.0 Å². The molecule has 0 saturated carbocycles. The van der Waals surface area contributed by atoms with E-state index < -0.39 is 23.5 Å². The summed E-state index contributed by atoms with van der Waals surface area (Å²) in [6, 6.07) is 2.88. The molecule has 1 aromatic carbocycles. The van der Waals surface area contributed by atoms with Crippen LogP contribution < -0.4 is 5.32 Å². The van der Waals surface area contributed by atoms with Crippen LogP contribution in [0.4, 0.5) is 22.0 Å². The van der Waals surface area contributed by atoms with Crippen LogP contribution in [0.25, 0.3) is 10.6 Å². The third kappa shape index (κ3) is 2.96.